The van der Waals surface area contributed by atoms with Gasteiger partial charge in [-0.1, -0.05) is 32.4 Å². The van der Waals surface area contributed by atoms with Crippen molar-refractivity contribution < 1.29 is 8.42 Å². The number of sulfone groups is 1. The minimum Gasteiger partial charge on any atom is -0.258 e. The van der Waals surface area contributed by atoms with Crippen LogP contribution in [0.5, 0.6) is 0 Å². The molecule has 0 radical (unpaired) electrons. The van der Waals surface area contributed by atoms with Gasteiger partial charge in [-0.15, -0.1) is 0 Å². The molecule has 0 saturated carbocycles. The number of nitrogens with one attached hydrogen (secondary N) is 1. The topological polar surface area (TPSA) is 80.1 Å². The largest absolute Gasteiger partial charge is 0.258 e. The lowest BCUT2D eigenvalue weighted by molar-refractivity contribution is 0.559. The molecule has 8 heteroatoms. The number of aromatic nitrogens is 4. The minimum atomic E-state index is -2.95. The smallest absolute Gasteiger partial charge is 0.170 e. The molecule has 0 amide bonds. The highest BCUT2D eigenvalue weighted by Crippen LogP contribution is 2.31. The first-order valence-electron chi connectivity index (χ1n) is 6.39. The molecule has 2 aromatic rings. The Hall–Kier alpha value is -1.08. The Balaban J connectivity index is 2.28. The van der Waals surface area contributed by atoms with Gasteiger partial charge in [0.15, 0.2) is 11.5 Å². The first-order chi connectivity index (χ1) is 9.09. The van der Waals surface area contributed by atoms with Crippen LogP contribution in [0.15, 0.2) is 0 Å². The van der Waals surface area contributed by atoms with Gasteiger partial charge >= 0.3 is 0 Å². The number of nitrogens with zero attached hydrogens (tertiary/aromatic N) is 3. The molecule has 0 aliphatic heterocycles. The molecule has 0 saturated heterocycles. The van der Waals surface area contributed by atoms with E-state index in [9.17, 15) is 8.42 Å². The van der Waals surface area contributed by atoms with Gasteiger partial charge in [0.1, 0.15) is 14.9 Å². The van der Waals surface area contributed by atoms with Crippen molar-refractivity contribution in [3.05, 3.63) is 16.5 Å². The highest BCUT2D eigenvalue weighted by molar-refractivity contribution is 7.90. The average molecular weight is 319 g/mol. The molecule has 0 aliphatic carbocycles. The predicted octanol–water partition coefficient (Wildman–Crippen LogP) is 1.99. The van der Waals surface area contributed by atoms with E-state index in [0.29, 0.717) is 29.3 Å². The lowest BCUT2D eigenvalue weighted by Crippen LogP contribution is -2.13. The monoisotopic (exact) mass is 318 g/mol. The maximum Gasteiger partial charge on any atom is 0.170 e. The molecule has 112 valence electrons. The maximum absolute atomic E-state index is 11.1. The number of rotatable bonds is 4. The van der Waals surface area contributed by atoms with E-state index in [1.807, 2.05) is 20.8 Å². The zero-order valence-corrected chi connectivity index (χ0v) is 13.6. The Morgan fingerprint density at radius 2 is 2.00 bits per heavy atom. The summed E-state index contributed by atoms with van der Waals surface area (Å²) in [5.74, 6) is 0.837. The van der Waals surface area contributed by atoms with Gasteiger partial charge in [0, 0.05) is 18.1 Å². The van der Waals surface area contributed by atoms with Crippen molar-refractivity contribution in [2.45, 2.75) is 39.0 Å². The standard InChI is InChI=1S/C12H19ClN4O2S/c1-12(2,3)10-9(13)11-15-14-8(17(11)16-10)6-5-7-20(4,18)19/h15H,5-7H2,1-4H3. The quantitative estimate of drug-likeness (QED) is 0.934. The first kappa shape index (κ1) is 15.3. The summed E-state index contributed by atoms with van der Waals surface area (Å²) < 4.78 is 24.0. The van der Waals surface area contributed by atoms with E-state index in [1.165, 1.54) is 6.26 Å². The summed E-state index contributed by atoms with van der Waals surface area (Å²) in [7, 11) is -2.95. The second-order valence-electron chi connectivity index (χ2n) is 6.05. The minimum absolute atomic E-state index is 0.141. The van der Waals surface area contributed by atoms with Gasteiger partial charge in [-0.2, -0.15) is 14.7 Å². The molecule has 6 nitrogen and oxygen atoms in total. The summed E-state index contributed by atoms with van der Waals surface area (Å²) in [5, 5.41) is 12.1. The van der Waals surface area contributed by atoms with Crippen LogP contribution in [0.4, 0.5) is 0 Å². The number of hydrogen-bond donors (Lipinski definition) is 1. The number of H-pyrrole nitrogens is 1. The number of fused-ring (bicyclic) bond motifs is 1. The lowest BCUT2D eigenvalue weighted by atomic mass is 9.92. The fourth-order valence-corrected chi connectivity index (χ4v) is 3.09. The Kier molecular flexibility index (Phi) is 3.85. The van der Waals surface area contributed by atoms with Gasteiger partial charge in [-0.3, -0.25) is 5.10 Å². The summed E-state index contributed by atoms with van der Waals surface area (Å²) >= 11 is 6.31. The van der Waals surface area contributed by atoms with Crippen molar-refractivity contribution >= 4 is 27.1 Å². The van der Waals surface area contributed by atoms with Gasteiger partial charge in [0.25, 0.3) is 0 Å². The van der Waals surface area contributed by atoms with E-state index in [0.717, 1.165) is 5.69 Å². The van der Waals surface area contributed by atoms with Gasteiger partial charge in [0.2, 0.25) is 0 Å². The van der Waals surface area contributed by atoms with Crippen molar-refractivity contribution in [3.8, 4) is 0 Å². The summed E-state index contributed by atoms with van der Waals surface area (Å²) in [6, 6.07) is 0. The first-order valence-corrected chi connectivity index (χ1v) is 8.83. The average Bonchev–Trinajstić information content (AvgIpc) is 2.78. The SMILES string of the molecule is CC(C)(C)c1nn2c(CCCS(C)(=O)=O)n[nH]c2c1Cl. The molecule has 2 aromatic heterocycles. The molecule has 0 spiro atoms. The number of aromatic amines is 1. The third-order valence-electron chi connectivity index (χ3n) is 2.99. The molecule has 0 bridgehead atoms. The third kappa shape index (κ3) is 3.15. The normalized spacial score (nSPS) is 13.2. The van der Waals surface area contributed by atoms with E-state index in [2.05, 4.69) is 15.3 Å². The van der Waals surface area contributed by atoms with Gasteiger partial charge in [0.05, 0.1) is 11.4 Å². The summed E-state index contributed by atoms with van der Waals surface area (Å²) in [6.45, 7) is 6.12. The number of aryl methyl sites for hydroxylation is 1. The molecule has 0 fully saturated rings. The Morgan fingerprint density at radius 1 is 1.35 bits per heavy atom. The maximum atomic E-state index is 11.1. The summed E-state index contributed by atoms with van der Waals surface area (Å²) in [5.41, 5.74) is 1.30. The van der Waals surface area contributed by atoms with Gasteiger partial charge < -0.3 is 0 Å². The Morgan fingerprint density at radius 3 is 2.55 bits per heavy atom. The summed E-state index contributed by atoms with van der Waals surface area (Å²) in [4.78, 5) is 0. The van der Waals surface area contributed by atoms with Crippen LogP contribution in [0, 0.1) is 0 Å². The second-order valence-corrected chi connectivity index (χ2v) is 8.68. The van der Waals surface area contributed by atoms with Crippen molar-refractivity contribution in [1.82, 2.24) is 19.8 Å². The Bertz CT molecular complexity index is 725. The molecule has 0 aliphatic rings. The number of halogens is 1. The molecule has 2 rings (SSSR count). The van der Waals surface area contributed by atoms with E-state index in [1.54, 1.807) is 4.52 Å². The van der Waals surface area contributed by atoms with Crippen LogP contribution in [-0.2, 0) is 21.7 Å². The van der Waals surface area contributed by atoms with E-state index in [-0.39, 0.29) is 11.2 Å². The van der Waals surface area contributed by atoms with Crippen LogP contribution in [0.1, 0.15) is 38.7 Å². The van der Waals surface area contributed by atoms with Crippen molar-refractivity contribution in [1.29, 1.82) is 0 Å². The fourth-order valence-electron chi connectivity index (χ4n) is 1.98. The predicted molar refractivity (Wildman–Crippen MR) is 79.1 cm³/mol. The summed E-state index contributed by atoms with van der Waals surface area (Å²) in [6.07, 6.45) is 2.28. The van der Waals surface area contributed by atoms with Crippen LogP contribution >= 0.6 is 11.6 Å². The third-order valence-corrected chi connectivity index (χ3v) is 4.38. The molecule has 1 N–H and O–H groups in total. The van der Waals surface area contributed by atoms with Gasteiger partial charge in [-0.05, 0) is 6.42 Å². The zero-order valence-electron chi connectivity index (χ0n) is 12.1. The highest BCUT2D eigenvalue weighted by atomic mass is 35.5. The van der Waals surface area contributed by atoms with Crippen LogP contribution in [0.25, 0.3) is 5.65 Å². The van der Waals surface area contributed by atoms with E-state index < -0.39 is 9.84 Å². The van der Waals surface area contributed by atoms with Crippen LogP contribution < -0.4 is 0 Å². The fraction of sp³-hybridized carbons (Fsp3) is 0.667. The molecule has 0 atom stereocenters. The molecular weight excluding hydrogens is 300 g/mol. The van der Waals surface area contributed by atoms with Gasteiger partial charge in [-0.25, -0.2) is 8.42 Å². The van der Waals surface area contributed by atoms with Crippen LogP contribution in [0.3, 0.4) is 0 Å². The second kappa shape index (κ2) is 5.04. The Labute approximate surface area is 123 Å². The van der Waals surface area contributed by atoms with Crippen LogP contribution in [0.2, 0.25) is 5.02 Å². The highest BCUT2D eigenvalue weighted by Gasteiger charge is 2.25. The van der Waals surface area contributed by atoms with Crippen LogP contribution in [-0.4, -0.2) is 40.2 Å². The molecule has 0 unspecified atom stereocenters. The molecule has 20 heavy (non-hydrogen) atoms. The van der Waals surface area contributed by atoms with E-state index in [4.69, 9.17) is 11.6 Å². The van der Waals surface area contributed by atoms with Crippen molar-refractivity contribution in [2.75, 3.05) is 12.0 Å². The molecule has 2 heterocycles. The molecular formula is C12H19ClN4O2S. The lowest BCUT2D eigenvalue weighted by Gasteiger charge is -2.14. The zero-order chi connectivity index (χ0) is 15.1. The van der Waals surface area contributed by atoms with Crippen molar-refractivity contribution in [2.24, 2.45) is 0 Å². The molecule has 0 aromatic carbocycles. The number of hydrogen-bond acceptors (Lipinski definition) is 4. The van der Waals surface area contributed by atoms with Crippen molar-refractivity contribution in [3.63, 3.8) is 0 Å². The van der Waals surface area contributed by atoms with E-state index >= 15 is 0 Å².